The summed E-state index contributed by atoms with van der Waals surface area (Å²) in [6.07, 6.45) is 0.336. The van der Waals surface area contributed by atoms with Gasteiger partial charge in [0, 0.05) is 13.1 Å². The molecule has 5 nitrogen and oxygen atoms in total. The van der Waals surface area contributed by atoms with Crippen LogP contribution in [-0.4, -0.2) is 36.9 Å². The van der Waals surface area contributed by atoms with Gasteiger partial charge in [0.1, 0.15) is 12.1 Å². The first kappa shape index (κ1) is 19.7. The van der Waals surface area contributed by atoms with E-state index in [4.69, 9.17) is 4.74 Å². The number of nitrogens with zero attached hydrogens (tertiary/aromatic N) is 1. The fraction of sp³-hybridized carbons (Fsp3) is 0.333. The summed E-state index contributed by atoms with van der Waals surface area (Å²) in [7, 11) is 0. The zero-order valence-corrected chi connectivity index (χ0v) is 15.3. The Bertz CT molecular complexity index is 676. The first-order valence-electron chi connectivity index (χ1n) is 8.88. The van der Waals surface area contributed by atoms with Gasteiger partial charge in [-0.2, -0.15) is 0 Å². The van der Waals surface area contributed by atoms with Crippen molar-refractivity contribution < 1.29 is 14.3 Å². The molecule has 0 radical (unpaired) electrons. The van der Waals surface area contributed by atoms with E-state index in [1.165, 1.54) is 0 Å². The Kier molecular flexibility index (Phi) is 7.83. The van der Waals surface area contributed by atoms with Crippen LogP contribution in [-0.2, 0) is 14.3 Å². The Hall–Kier alpha value is -2.66. The van der Waals surface area contributed by atoms with Crippen LogP contribution >= 0.6 is 0 Å². The van der Waals surface area contributed by atoms with Crippen molar-refractivity contribution in [3.05, 3.63) is 71.8 Å². The van der Waals surface area contributed by atoms with Crippen LogP contribution in [0.2, 0.25) is 0 Å². The minimum absolute atomic E-state index is 0.291. The zero-order valence-electron chi connectivity index (χ0n) is 15.3. The molecule has 1 unspecified atom stereocenters. The first-order chi connectivity index (χ1) is 12.7. The van der Waals surface area contributed by atoms with Gasteiger partial charge < -0.3 is 10.1 Å². The molecule has 1 N–H and O–H groups in total. The molecule has 2 atom stereocenters. The number of hydrogen-bond acceptors (Lipinski definition) is 4. The molecule has 5 heteroatoms. The normalized spacial score (nSPS) is 13.0. The van der Waals surface area contributed by atoms with Crippen molar-refractivity contribution in [2.24, 2.45) is 0 Å². The molecule has 0 aromatic heterocycles. The van der Waals surface area contributed by atoms with Crippen LogP contribution in [0.25, 0.3) is 0 Å². The van der Waals surface area contributed by atoms with Crippen molar-refractivity contribution in [2.75, 3.05) is 19.6 Å². The highest BCUT2D eigenvalue weighted by Crippen LogP contribution is 2.25. The van der Waals surface area contributed by atoms with Crippen molar-refractivity contribution >= 4 is 12.4 Å². The van der Waals surface area contributed by atoms with Crippen LogP contribution < -0.4 is 5.32 Å². The lowest BCUT2D eigenvalue weighted by Crippen LogP contribution is -2.39. The predicted molar refractivity (Wildman–Crippen MR) is 101 cm³/mol. The highest BCUT2D eigenvalue weighted by molar-refractivity contribution is 5.78. The summed E-state index contributed by atoms with van der Waals surface area (Å²) in [5.41, 5.74) is 1.84. The van der Waals surface area contributed by atoms with Gasteiger partial charge >= 0.3 is 5.97 Å². The first-order valence-corrected chi connectivity index (χ1v) is 8.88. The maximum Gasteiger partial charge on any atom is 0.328 e. The quantitative estimate of drug-likeness (QED) is 0.405. The molecule has 1 amide bonds. The molecule has 0 aliphatic carbocycles. The Balaban J connectivity index is 2.19. The molecule has 0 bridgehead atoms. The van der Waals surface area contributed by atoms with E-state index in [9.17, 15) is 9.59 Å². The maximum absolute atomic E-state index is 13.0. The minimum Gasteiger partial charge on any atom is -0.456 e. The average molecular weight is 354 g/mol. The SMILES string of the molecule is CCN(CCNC=O)C(C(=O)O[C@@H](C)c1ccccc1)c1ccccc1. The number of likely N-dealkylation sites (N-methyl/N-ethyl adjacent to an activating group) is 1. The summed E-state index contributed by atoms with van der Waals surface area (Å²) in [6.45, 7) is 5.56. The van der Waals surface area contributed by atoms with Gasteiger partial charge in [-0.3, -0.25) is 9.69 Å². The Morgan fingerprint density at radius 2 is 1.65 bits per heavy atom. The number of esters is 1. The molecule has 2 aromatic rings. The molecule has 0 aliphatic heterocycles. The van der Waals surface area contributed by atoms with E-state index in [2.05, 4.69) is 5.32 Å². The number of benzene rings is 2. The summed E-state index contributed by atoms with van der Waals surface area (Å²) in [5, 5.41) is 2.65. The lowest BCUT2D eigenvalue weighted by atomic mass is 10.0. The molecule has 0 saturated heterocycles. The Labute approximate surface area is 155 Å². The summed E-state index contributed by atoms with van der Waals surface area (Å²) in [5.74, 6) is -0.291. The van der Waals surface area contributed by atoms with Crippen LogP contribution in [0.3, 0.4) is 0 Å². The van der Waals surface area contributed by atoms with Crippen LogP contribution in [0.15, 0.2) is 60.7 Å². The molecule has 0 fully saturated rings. The maximum atomic E-state index is 13.0. The third-order valence-electron chi connectivity index (χ3n) is 4.30. The number of hydrogen-bond donors (Lipinski definition) is 1. The monoisotopic (exact) mass is 354 g/mol. The highest BCUT2D eigenvalue weighted by atomic mass is 16.5. The van der Waals surface area contributed by atoms with E-state index < -0.39 is 6.04 Å². The fourth-order valence-electron chi connectivity index (χ4n) is 2.90. The van der Waals surface area contributed by atoms with Gasteiger partial charge in [0.05, 0.1) is 0 Å². The number of carbonyl (C=O) groups excluding carboxylic acids is 2. The molecule has 0 spiro atoms. The van der Waals surface area contributed by atoms with Crippen molar-refractivity contribution in [1.82, 2.24) is 10.2 Å². The smallest absolute Gasteiger partial charge is 0.328 e. The van der Waals surface area contributed by atoms with E-state index in [1.807, 2.05) is 79.4 Å². The predicted octanol–water partition coefficient (Wildman–Crippen LogP) is 3.10. The van der Waals surface area contributed by atoms with Crippen molar-refractivity contribution in [3.8, 4) is 0 Å². The molecule has 0 aliphatic rings. The molecular weight excluding hydrogens is 328 g/mol. The van der Waals surface area contributed by atoms with Crippen LogP contribution in [0.1, 0.15) is 37.1 Å². The second-order valence-corrected chi connectivity index (χ2v) is 6.00. The lowest BCUT2D eigenvalue weighted by Gasteiger charge is -2.30. The van der Waals surface area contributed by atoms with Gasteiger partial charge in [0.2, 0.25) is 6.41 Å². The second-order valence-electron chi connectivity index (χ2n) is 6.00. The standard InChI is InChI=1S/C21H26N2O3/c1-3-23(15-14-22-16-24)20(19-12-8-5-9-13-19)21(25)26-17(2)18-10-6-4-7-11-18/h4-13,16-17,20H,3,14-15H2,1-2H3,(H,22,24)/t17-,20?/m0/s1. The Morgan fingerprint density at radius 1 is 1.08 bits per heavy atom. The number of amides is 1. The van der Waals surface area contributed by atoms with Gasteiger partial charge in [-0.1, -0.05) is 67.6 Å². The van der Waals surface area contributed by atoms with Crippen LogP contribution in [0.4, 0.5) is 0 Å². The van der Waals surface area contributed by atoms with E-state index in [1.54, 1.807) is 0 Å². The number of ether oxygens (including phenoxy) is 1. The van der Waals surface area contributed by atoms with E-state index in [-0.39, 0.29) is 12.1 Å². The molecular formula is C21H26N2O3. The number of carbonyl (C=O) groups is 2. The third kappa shape index (κ3) is 5.43. The van der Waals surface area contributed by atoms with E-state index in [0.717, 1.165) is 11.1 Å². The van der Waals surface area contributed by atoms with Crippen molar-refractivity contribution in [3.63, 3.8) is 0 Å². The zero-order chi connectivity index (χ0) is 18.8. The van der Waals surface area contributed by atoms with Gasteiger partial charge in [-0.15, -0.1) is 0 Å². The van der Waals surface area contributed by atoms with Gasteiger partial charge in [0.15, 0.2) is 0 Å². The van der Waals surface area contributed by atoms with Crippen molar-refractivity contribution in [2.45, 2.75) is 26.0 Å². The van der Waals surface area contributed by atoms with Crippen LogP contribution in [0, 0.1) is 0 Å². The average Bonchev–Trinajstić information content (AvgIpc) is 2.68. The van der Waals surface area contributed by atoms with Gasteiger partial charge in [-0.25, -0.2) is 4.79 Å². The fourth-order valence-corrected chi connectivity index (χ4v) is 2.90. The largest absolute Gasteiger partial charge is 0.456 e. The lowest BCUT2D eigenvalue weighted by molar-refractivity contribution is -0.155. The molecule has 0 saturated carbocycles. The van der Waals surface area contributed by atoms with Crippen LogP contribution in [0.5, 0.6) is 0 Å². The highest BCUT2D eigenvalue weighted by Gasteiger charge is 2.29. The molecule has 2 rings (SSSR count). The third-order valence-corrected chi connectivity index (χ3v) is 4.30. The molecule has 2 aromatic carbocycles. The summed E-state index contributed by atoms with van der Waals surface area (Å²) in [4.78, 5) is 25.5. The second kappa shape index (κ2) is 10.4. The molecule has 138 valence electrons. The summed E-state index contributed by atoms with van der Waals surface area (Å²) >= 11 is 0. The van der Waals surface area contributed by atoms with Crippen molar-refractivity contribution in [1.29, 1.82) is 0 Å². The summed E-state index contributed by atoms with van der Waals surface area (Å²) < 4.78 is 5.77. The van der Waals surface area contributed by atoms with E-state index in [0.29, 0.717) is 26.0 Å². The molecule has 26 heavy (non-hydrogen) atoms. The van der Waals surface area contributed by atoms with E-state index >= 15 is 0 Å². The number of rotatable bonds is 10. The number of nitrogens with one attached hydrogen (secondary N) is 1. The minimum atomic E-state index is -0.513. The topological polar surface area (TPSA) is 58.6 Å². The molecule has 0 heterocycles. The Morgan fingerprint density at radius 3 is 2.19 bits per heavy atom. The van der Waals surface area contributed by atoms with Gasteiger partial charge in [-0.05, 0) is 24.6 Å². The van der Waals surface area contributed by atoms with Gasteiger partial charge in [0.25, 0.3) is 0 Å². The summed E-state index contributed by atoms with van der Waals surface area (Å²) in [6, 6.07) is 18.8.